The van der Waals surface area contributed by atoms with Crippen molar-refractivity contribution in [1.82, 2.24) is 14.8 Å². The van der Waals surface area contributed by atoms with Crippen LogP contribution >= 0.6 is 11.3 Å². The average Bonchev–Trinajstić information content (AvgIpc) is 3.49. The number of nitrogens with two attached hydrogens (primary N) is 1. The Morgan fingerprint density at radius 3 is 2.34 bits per heavy atom. The summed E-state index contributed by atoms with van der Waals surface area (Å²) in [6.07, 6.45) is 1.54. The number of nitrogens with zero attached hydrogens (tertiary/aromatic N) is 3. The van der Waals surface area contributed by atoms with E-state index in [1.807, 2.05) is 54.6 Å². The number of carboxylic acid groups (broad SMARTS) is 1. The largest absolute Gasteiger partial charge is 0.476 e. The molecule has 2 aromatic heterocycles. The van der Waals surface area contributed by atoms with E-state index in [1.165, 1.54) is 28.5 Å². The molecule has 0 radical (unpaired) electrons. The van der Waals surface area contributed by atoms with Gasteiger partial charge in [-0.05, 0) is 57.8 Å². The van der Waals surface area contributed by atoms with Gasteiger partial charge >= 0.3 is 5.97 Å². The minimum absolute atomic E-state index is 0.111. The van der Waals surface area contributed by atoms with Crippen LogP contribution in [0, 0.1) is 5.82 Å². The second-order valence-electron chi connectivity index (χ2n) is 11.3. The highest BCUT2D eigenvalue weighted by molar-refractivity contribution is 8.00. The van der Waals surface area contributed by atoms with Gasteiger partial charge in [-0.15, -0.1) is 11.3 Å². The highest BCUT2D eigenvalue weighted by Gasteiger charge is 2.63. The normalized spacial score (nSPS) is 14.9. The zero-order chi connectivity index (χ0) is 31.4. The topological polar surface area (TPSA) is 111 Å². The van der Waals surface area contributed by atoms with Gasteiger partial charge in [0.05, 0.1) is 16.8 Å². The number of hydrogen-bond donors (Lipinski definition) is 3. The number of aromatic carboxylic acids is 1. The summed E-state index contributed by atoms with van der Waals surface area (Å²) in [6, 6.07) is 21.2. The summed E-state index contributed by atoms with van der Waals surface area (Å²) in [5.74, 6) is -5.10. The van der Waals surface area contributed by atoms with E-state index >= 15 is 13.2 Å². The molecule has 2 heterocycles. The number of aromatic nitrogens is 3. The molecule has 0 atom stereocenters. The Balaban J connectivity index is 1.61. The number of carbonyl (C=O) groups is 1. The highest BCUT2D eigenvalue weighted by Crippen LogP contribution is 2.60. The molecular weight excluding hydrogens is 610 g/mol. The van der Waals surface area contributed by atoms with Crippen LogP contribution in [0.2, 0.25) is 0 Å². The fraction of sp³-hybridized carbons (Fsp3) is 0.219. The van der Waals surface area contributed by atoms with Crippen LogP contribution in [0.25, 0.3) is 27.5 Å². The van der Waals surface area contributed by atoms with Crippen molar-refractivity contribution in [3.63, 3.8) is 0 Å². The van der Waals surface area contributed by atoms with Crippen LogP contribution in [0.15, 0.2) is 83.1 Å². The third-order valence-electron chi connectivity index (χ3n) is 8.08. The Kier molecular flexibility index (Phi) is 7.34. The van der Waals surface area contributed by atoms with Crippen LogP contribution in [0.4, 0.5) is 13.2 Å². The van der Waals surface area contributed by atoms with E-state index in [4.69, 9.17) is 10.2 Å². The van der Waals surface area contributed by atoms with Gasteiger partial charge in [-0.3, -0.25) is 9.35 Å². The first-order valence-corrected chi connectivity index (χ1v) is 16.9. The van der Waals surface area contributed by atoms with Crippen LogP contribution in [-0.2, 0) is 22.0 Å². The van der Waals surface area contributed by atoms with Crippen molar-refractivity contribution in [3.8, 4) is 27.5 Å². The van der Waals surface area contributed by atoms with Crippen LogP contribution in [0.3, 0.4) is 0 Å². The summed E-state index contributed by atoms with van der Waals surface area (Å²) >= 11 is 0.976. The third-order valence-corrected chi connectivity index (χ3v) is 10.2. The van der Waals surface area contributed by atoms with Gasteiger partial charge in [0.15, 0.2) is 5.69 Å². The summed E-state index contributed by atoms with van der Waals surface area (Å²) in [5.41, 5.74) is 1.64. The van der Waals surface area contributed by atoms with Gasteiger partial charge in [-0.2, -0.15) is 5.10 Å². The Morgan fingerprint density at radius 1 is 1.07 bits per heavy atom. The van der Waals surface area contributed by atoms with Crippen LogP contribution in [0.5, 0.6) is 0 Å². The van der Waals surface area contributed by atoms with E-state index in [0.29, 0.717) is 16.8 Å². The maximum absolute atomic E-state index is 15.6. The average molecular weight is 639 g/mol. The summed E-state index contributed by atoms with van der Waals surface area (Å²) in [6.45, 7) is 0.858. The van der Waals surface area contributed by atoms with Crippen molar-refractivity contribution >= 4 is 27.4 Å². The van der Waals surface area contributed by atoms with E-state index in [-0.39, 0.29) is 46.2 Å². The lowest BCUT2D eigenvalue weighted by Crippen LogP contribution is -2.33. The highest BCUT2D eigenvalue weighted by atomic mass is 32.3. The minimum Gasteiger partial charge on any atom is -0.476 e. The van der Waals surface area contributed by atoms with E-state index in [2.05, 4.69) is 4.98 Å². The molecule has 44 heavy (non-hydrogen) atoms. The predicted octanol–water partition coefficient (Wildman–Crippen LogP) is 6.66. The van der Waals surface area contributed by atoms with E-state index in [9.17, 15) is 14.1 Å². The maximum atomic E-state index is 15.6. The van der Waals surface area contributed by atoms with Crippen LogP contribution < -0.4 is 5.14 Å². The number of thiol groups is 1. The molecule has 0 aliphatic heterocycles. The lowest BCUT2D eigenvalue weighted by Gasteiger charge is -2.25. The first kappa shape index (κ1) is 29.9. The van der Waals surface area contributed by atoms with E-state index < -0.39 is 33.2 Å². The number of hydrogen-bond acceptors (Lipinski definition) is 5. The van der Waals surface area contributed by atoms with Gasteiger partial charge in [0.2, 0.25) is 5.13 Å². The number of carboxylic acids is 1. The number of rotatable bonds is 9. The molecule has 7 nitrogen and oxygen atoms in total. The van der Waals surface area contributed by atoms with Crippen molar-refractivity contribution in [2.45, 2.75) is 42.4 Å². The van der Waals surface area contributed by atoms with Gasteiger partial charge in [-0.1, -0.05) is 54.6 Å². The summed E-state index contributed by atoms with van der Waals surface area (Å²) in [4.78, 5) is 16.0. The molecule has 3 N–H and O–H groups in total. The van der Waals surface area contributed by atoms with Gasteiger partial charge in [-0.25, -0.2) is 27.6 Å². The molecule has 5 aromatic rings. The molecule has 0 amide bonds. The Bertz CT molecular complexity index is 1940. The van der Waals surface area contributed by atoms with E-state index in [0.717, 1.165) is 35.5 Å². The smallest absolute Gasteiger partial charge is 0.355 e. The van der Waals surface area contributed by atoms with Gasteiger partial charge < -0.3 is 5.11 Å². The van der Waals surface area contributed by atoms with E-state index in [1.54, 1.807) is 0 Å². The lowest BCUT2D eigenvalue weighted by molar-refractivity contribution is -0.0224. The molecule has 0 saturated heterocycles. The van der Waals surface area contributed by atoms with Crippen molar-refractivity contribution in [1.29, 1.82) is 0 Å². The number of thiazole rings is 1. The SMILES string of the molecule is CC(F)(F)C1(c2c(Cc3ccc([SH](C)(N)=O)cc3F)c(-c3cccc(-c4ccccc4)c3)nn2-c2nc(C(=O)O)cs2)CC1. The molecule has 1 aliphatic rings. The fourth-order valence-corrected chi connectivity index (χ4v) is 7.06. The fourth-order valence-electron chi connectivity index (χ4n) is 5.57. The van der Waals surface area contributed by atoms with Crippen molar-refractivity contribution in [2.24, 2.45) is 5.14 Å². The molecule has 0 unspecified atom stereocenters. The van der Waals surface area contributed by atoms with Gasteiger partial charge in [0, 0.05) is 41.0 Å². The molecule has 6 rings (SSSR count). The maximum Gasteiger partial charge on any atom is 0.355 e. The van der Waals surface area contributed by atoms with Gasteiger partial charge in [0.1, 0.15) is 5.82 Å². The second-order valence-corrected chi connectivity index (χ2v) is 14.6. The van der Waals surface area contributed by atoms with Crippen molar-refractivity contribution < 1.29 is 27.3 Å². The first-order valence-electron chi connectivity index (χ1n) is 13.8. The standard InChI is InChI=1S/C32H29F3N4O3S2/c1-31(34,35)32(13-14-32)28-24(16-21-11-12-23(17-25(21)33)44(2,36)42)27(38-39(28)30-37-26(18-43-30)29(40)41)22-10-6-9-20(15-22)19-7-4-3-5-8-19/h3-12,15,17-18,44H,13-14,16H2,1-2H3,(H2,36,42)(H,40,41). The predicted molar refractivity (Wildman–Crippen MR) is 166 cm³/mol. The zero-order valence-corrected chi connectivity index (χ0v) is 25.5. The molecular formula is C32H29F3N4O3S2. The molecule has 0 spiro atoms. The number of halogens is 3. The molecule has 1 aliphatic carbocycles. The molecule has 1 saturated carbocycles. The zero-order valence-electron chi connectivity index (χ0n) is 23.8. The molecule has 0 bridgehead atoms. The quantitative estimate of drug-likeness (QED) is 0.157. The van der Waals surface area contributed by atoms with Crippen LogP contribution in [-0.4, -0.2) is 42.2 Å². The monoisotopic (exact) mass is 638 g/mol. The number of benzene rings is 3. The Morgan fingerprint density at radius 2 is 1.75 bits per heavy atom. The van der Waals surface area contributed by atoms with Crippen molar-refractivity contribution in [2.75, 3.05) is 6.26 Å². The first-order chi connectivity index (χ1) is 20.8. The van der Waals surface area contributed by atoms with Crippen molar-refractivity contribution in [3.05, 3.63) is 107 Å². The Hall–Kier alpha value is -4.13. The minimum atomic E-state index is -3.24. The summed E-state index contributed by atoms with van der Waals surface area (Å²) in [7, 11) is -3.24. The summed E-state index contributed by atoms with van der Waals surface area (Å²) < 4.78 is 60.2. The van der Waals surface area contributed by atoms with Crippen LogP contribution in [0.1, 0.15) is 47.1 Å². The molecule has 3 aromatic carbocycles. The Labute approximate surface area is 256 Å². The molecule has 228 valence electrons. The molecule has 12 heteroatoms. The number of alkyl halides is 2. The molecule has 1 fully saturated rings. The summed E-state index contributed by atoms with van der Waals surface area (Å²) in [5, 5.41) is 21.5. The van der Waals surface area contributed by atoms with Gasteiger partial charge in [0.25, 0.3) is 5.92 Å². The second kappa shape index (κ2) is 10.8. The third kappa shape index (κ3) is 5.37. The lowest BCUT2D eigenvalue weighted by atomic mass is 9.87.